The molecule has 1 amide bonds. The number of fused-ring (bicyclic) bond motifs is 1. The molecule has 26 heavy (non-hydrogen) atoms. The number of nitrogens with one attached hydrogen (secondary N) is 2. The number of hydrogen-bond acceptors (Lipinski definition) is 3. The number of pyridine rings is 1. The fourth-order valence-corrected chi connectivity index (χ4v) is 2.99. The Morgan fingerprint density at radius 1 is 1.04 bits per heavy atom. The molecule has 0 aliphatic rings. The largest absolute Gasteiger partial charge is 0.338 e. The first-order valence-corrected chi connectivity index (χ1v) is 8.53. The van der Waals surface area contributed by atoms with Crippen LogP contribution in [0, 0.1) is 0 Å². The quantitative estimate of drug-likeness (QED) is 0.479. The van der Waals surface area contributed by atoms with Crippen LogP contribution in [0.4, 0.5) is 5.69 Å². The summed E-state index contributed by atoms with van der Waals surface area (Å²) in [5.41, 5.74) is 3.49. The van der Waals surface area contributed by atoms with Gasteiger partial charge < -0.3 is 10.3 Å². The zero-order chi connectivity index (χ0) is 18.1. The van der Waals surface area contributed by atoms with E-state index in [4.69, 9.17) is 23.2 Å². The van der Waals surface area contributed by atoms with E-state index < -0.39 is 0 Å². The SMILES string of the molecule is O=C(Nc1ccc(Cl)c(-c2nc3ccccc3[nH]2)c1)c1ccnc(Cl)c1. The average molecular weight is 383 g/mol. The minimum atomic E-state index is -0.285. The predicted molar refractivity (Wildman–Crippen MR) is 104 cm³/mol. The van der Waals surface area contributed by atoms with E-state index in [1.54, 1.807) is 24.3 Å². The van der Waals surface area contributed by atoms with Gasteiger partial charge in [-0.15, -0.1) is 0 Å². The Labute approximate surface area is 159 Å². The van der Waals surface area contributed by atoms with Gasteiger partial charge in [-0.25, -0.2) is 9.97 Å². The number of anilines is 1. The van der Waals surface area contributed by atoms with Crippen molar-refractivity contribution in [1.82, 2.24) is 15.0 Å². The van der Waals surface area contributed by atoms with Crippen molar-refractivity contribution < 1.29 is 4.79 Å². The number of imidazole rings is 1. The smallest absolute Gasteiger partial charge is 0.255 e. The van der Waals surface area contributed by atoms with Gasteiger partial charge in [0.1, 0.15) is 11.0 Å². The summed E-state index contributed by atoms with van der Waals surface area (Å²) in [6, 6.07) is 16.0. The highest BCUT2D eigenvalue weighted by atomic mass is 35.5. The number of carbonyl (C=O) groups is 1. The second-order valence-corrected chi connectivity index (χ2v) is 6.41. The third-order valence-electron chi connectivity index (χ3n) is 3.86. The van der Waals surface area contributed by atoms with Crippen molar-refractivity contribution in [3.05, 3.63) is 76.5 Å². The highest BCUT2D eigenvalue weighted by Crippen LogP contribution is 2.30. The van der Waals surface area contributed by atoms with Crippen LogP contribution in [-0.4, -0.2) is 20.9 Å². The second kappa shape index (κ2) is 6.78. The van der Waals surface area contributed by atoms with Crippen molar-refractivity contribution in [3.8, 4) is 11.4 Å². The van der Waals surface area contributed by atoms with Gasteiger partial charge in [0.25, 0.3) is 5.91 Å². The summed E-state index contributed by atoms with van der Waals surface area (Å²) in [6.45, 7) is 0. The summed E-state index contributed by atoms with van der Waals surface area (Å²) in [5, 5.41) is 3.63. The zero-order valence-electron chi connectivity index (χ0n) is 13.3. The summed E-state index contributed by atoms with van der Waals surface area (Å²) in [4.78, 5) is 24.1. The number of benzene rings is 2. The second-order valence-electron chi connectivity index (χ2n) is 5.62. The van der Waals surface area contributed by atoms with Crippen molar-refractivity contribution in [1.29, 1.82) is 0 Å². The summed E-state index contributed by atoms with van der Waals surface area (Å²) in [5.74, 6) is 0.353. The molecule has 2 N–H and O–H groups in total. The van der Waals surface area contributed by atoms with Crippen LogP contribution in [0.1, 0.15) is 10.4 Å². The molecule has 0 fully saturated rings. The lowest BCUT2D eigenvalue weighted by Crippen LogP contribution is -2.12. The third-order valence-corrected chi connectivity index (χ3v) is 4.39. The molecule has 0 aliphatic carbocycles. The van der Waals surface area contributed by atoms with Crippen LogP contribution in [-0.2, 0) is 0 Å². The van der Waals surface area contributed by atoms with E-state index in [1.165, 1.54) is 12.3 Å². The van der Waals surface area contributed by atoms with Gasteiger partial charge in [-0.3, -0.25) is 4.79 Å². The topological polar surface area (TPSA) is 70.7 Å². The van der Waals surface area contributed by atoms with E-state index in [0.717, 1.165) is 11.0 Å². The molecule has 2 aromatic carbocycles. The van der Waals surface area contributed by atoms with E-state index in [9.17, 15) is 4.79 Å². The maximum Gasteiger partial charge on any atom is 0.255 e. The average Bonchev–Trinajstić information content (AvgIpc) is 3.07. The summed E-state index contributed by atoms with van der Waals surface area (Å²) in [6.07, 6.45) is 1.49. The number of rotatable bonds is 3. The summed E-state index contributed by atoms with van der Waals surface area (Å²) in [7, 11) is 0. The maximum atomic E-state index is 12.4. The highest BCUT2D eigenvalue weighted by molar-refractivity contribution is 6.33. The maximum absolute atomic E-state index is 12.4. The Morgan fingerprint density at radius 2 is 1.88 bits per heavy atom. The summed E-state index contributed by atoms with van der Waals surface area (Å²) >= 11 is 12.2. The first kappa shape index (κ1) is 16.6. The van der Waals surface area contributed by atoms with Crippen LogP contribution in [0.15, 0.2) is 60.8 Å². The lowest BCUT2D eigenvalue weighted by Gasteiger charge is -2.08. The number of aromatic nitrogens is 3. The van der Waals surface area contributed by atoms with Gasteiger partial charge in [-0.1, -0.05) is 35.3 Å². The van der Waals surface area contributed by atoms with Crippen molar-refractivity contribution in [3.63, 3.8) is 0 Å². The number of aromatic amines is 1. The Balaban J connectivity index is 1.67. The van der Waals surface area contributed by atoms with Crippen LogP contribution in [0.5, 0.6) is 0 Å². The number of halogens is 2. The van der Waals surface area contributed by atoms with Crippen LogP contribution in [0.3, 0.4) is 0 Å². The lowest BCUT2D eigenvalue weighted by atomic mass is 10.1. The van der Waals surface area contributed by atoms with Crippen molar-refractivity contribution in [2.75, 3.05) is 5.32 Å². The first-order valence-electron chi connectivity index (χ1n) is 7.78. The van der Waals surface area contributed by atoms with Crippen molar-refractivity contribution in [2.24, 2.45) is 0 Å². The number of amides is 1. The van der Waals surface area contributed by atoms with Gasteiger partial charge in [-0.2, -0.15) is 0 Å². The number of H-pyrrole nitrogens is 1. The van der Waals surface area contributed by atoms with Gasteiger partial charge >= 0.3 is 0 Å². The van der Waals surface area contributed by atoms with Gasteiger partial charge in [0, 0.05) is 23.0 Å². The van der Waals surface area contributed by atoms with Gasteiger partial charge in [0.05, 0.1) is 16.1 Å². The molecule has 7 heteroatoms. The van der Waals surface area contributed by atoms with E-state index in [2.05, 4.69) is 20.3 Å². The van der Waals surface area contributed by atoms with E-state index in [1.807, 2.05) is 24.3 Å². The molecule has 4 aromatic rings. The van der Waals surface area contributed by atoms with Crippen molar-refractivity contribution in [2.45, 2.75) is 0 Å². The van der Waals surface area contributed by atoms with E-state index in [0.29, 0.717) is 27.7 Å². The fourth-order valence-electron chi connectivity index (χ4n) is 2.61. The fraction of sp³-hybridized carbons (Fsp3) is 0. The highest BCUT2D eigenvalue weighted by Gasteiger charge is 2.12. The number of nitrogens with zero attached hydrogens (tertiary/aromatic N) is 2. The van der Waals surface area contributed by atoms with Gasteiger partial charge in [0.2, 0.25) is 0 Å². The molecule has 0 bridgehead atoms. The standard InChI is InChI=1S/C19H12Cl2N4O/c20-14-6-5-12(23-19(26)11-7-8-22-17(21)9-11)10-13(14)18-24-15-3-1-2-4-16(15)25-18/h1-10H,(H,23,26)(H,24,25). The molecule has 0 aliphatic heterocycles. The monoisotopic (exact) mass is 382 g/mol. The van der Waals surface area contributed by atoms with Crippen LogP contribution in [0.2, 0.25) is 10.2 Å². The molecule has 5 nitrogen and oxygen atoms in total. The summed E-state index contributed by atoms with van der Waals surface area (Å²) < 4.78 is 0. The molecule has 0 unspecified atom stereocenters. The number of carbonyl (C=O) groups excluding carboxylic acids is 1. The zero-order valence-corrected chi connectivity index (χ0v) is 14.8. The molecule has 0 spiro atoms. The lowest BCUT2D eigenvalue weighted by molar-refractivity contribution is 0.102. The van der Waals surface area contributed by atoms with E-state index >= 15 is 0 Å². The molecule has 4 rings (SSSR count). The molecule has 0 saturated carbocycles. The molecular formula is C19H12Cl2N4O. The van der Waals surface area contributed by atoms with Gasteiger partial charge in [-0.05, 0) is 42.5 Å². The molecular weight excluding hydrogens is 371 g/mol. The Hall–Kier alpha value is -2.89. The molecule has 0 saturated heterocycles. The van der Waals surface area contributed by atoms with Crippen LogP contribution in [0.25, 0.3) is 22.4 Å². The Morgan fingerprint density at radius 3 is 2.69 bits per heavy atom. The number of para-hydroxylation sites is 2. The normalized spacial score (nSPS) is 10.8. The minimum absolute atomic E-state index is 0.261. The predicted octanol–water partition coefficient (Wildman–Crippen LogP) is 5.18. The number of hydrogen-bond donors (Lipinski definition) is 2. The molecule has 2 heterocycles. The van der Waals surface area contributed by atoms with Gasteiger partial charge in [0.15, 0.2) is 0 Å². The minimum Gasteiger partial charge on any atom is -0.338 e. The van der Waals surface area contributed by atoms with E-state index in [-0.39, 0.29) is 11.1 Å². The van der Waals surface area contributed by atoms with Crippen LogP contribution < -0.4 is 5.32 Å². The molecule has 2 aromatic heterocycles. The molecule has 0 radical (unpaired) electrons. The first-order chi connectivity index (χ1) is 12.6. The molecule has 0 atom stereocenters. The third kappa shape index (κ3) is 3.27. The Kier molecular flexibility index (Phi) is 4.32. The Bertz CT molecular complexity index is 1090. The molecule has 128 valence electrons. The van der Waals surface area contributed by atoms with Crippen molar-refractivity contribution >= 4 is 45.8 Å². The van der Waals surface area contributed by atoms with Crippen LogP contribution >= 0.6 is 23.2 Å².